The van der Waals surface area contributed by atoms with E-state index in [0.717, 1.165) is 30.3 Å². The number of benzene rings is 1. The molecule has 0 aromatic heterocycles. The molecule has 1 N–H and O–H groups in total. The molecule has 0 atom stereocenters. The molecule has 86 valence electrons. The standard InChI is InChI=1S/C14H19NO/c1-16-14-8-3-2-6-12(14)7-4-5-11-15-13-9-10-13/h2-4,6-8,13,15H,5,9-11H2,1H3. The average molecular weight is 217 g/mol. The summed E-state index contributed by atoms with van der Waals surface area (Å²) in [5, 5.41) is 3.49. The molecule has 0 radical (unpaired) electrons. The maximum absolute atomic E-state index is 5.28. The first-order chi connectivity index (χ1) is 7.90. The molecule has 2 heteroatoms. The summed E-state index contributed by atoms with van der Waals surface area (Å²) < 4.78 is 5.28. The summed E-state index contributed by atoms with van der Waals surface area (Å²) in [5.74, 6) is 0.939. The molecule has 0 amide bonds. The van der Waals surface area contributed by atoms with Crippen molar-refractivity contribution in [3.05, 3.63) is 35.9 Å². The lowest BCUT2D eigenvalue weighted by molar-refractivity contribution is 0.414. The van der Waals surface area contributed by atoms with Crippen molar-refractivity contribution in [2.24, 2.45) is 0 Å². The third-order valence-corrected chi connectivity index (χ3v) is 2.76. The minimum atomic E-state index is 0.805. The quantitative estimate of drug-likeness (QED) is 0.740. The summed E-state index contributed by atoms with van der Waals surface area (Å²) >= 11 is 0. The highest BCUT2D eigenvalue weighted by Crippen LogP contribution is 2.19. The minimum absolute atomic E-state index is 0.805. The molecule has 0 bridgehead atoms. The Morgan fingerprint density at radius 1 is 1.38 bits per heavy atom. The Labute approximate surface area is 97.3 Å². The van der Waals surface area contributed by atoms with Crippen molar-refractivity contribution >= 4 is 6.08 Å². The van der Waals surface area contributed by atoms with Crippen LogP contribution < -0.4 is 10.1 Å². The van der Waals surface area contributed by atoms with Crippen LogP contribution in [0, 0.1) is 0 Å². The van der Waals surface area contributed by atoms with Crippen molar-refractivity contribution < 1.29 is 4.74 Å². The van der Waals surface area contributed by atoms with Crippen LogP contribution in [0.25, 0.3) is 6.08 Å². The van der Waals surface area contributed by atoms with Gasteiger partial charge in [-0.2, -0.15) is 0 Å². The van der Waals surface area contributed by atoms with Gasteiger partial charge in [0.1, 0.15) is 5.75 Å². The Morgan fingerprint density at radius 2 is 2.19 bits per heavy atom. The van der Waals surface area contributed by atoms with E-state index in [1.54, 1.807) is 7.11 Å². The Hall–Kier alpha value is -1.28. The third-order valence-electron chi connectivity index (χ3n) is 2.76. The van der Waals surface area contributed by atoms with E-state index in [9.17, 15) is 0 Å². The predicted octanol–water partition coefficient (Wildman–Crippen LogP) is 2.85. The summed E-state index contributed by atoms with van der Waals surface area (Å²) in [6, 6.07) is 8.89. The van der Waals surface area contributed by atoms with Gasteiger partial charge in [-0.05, 0) is 31.9 Å². The fraction of sp³-hybridized carbons (Fsp3) is 0.429. The molecule has 0 unspecified atom stereocenters. The molecule has 2 rings (SSSR count). The van der Waals surface area contributed by atoms with Crippen molar-refractivity contribution in [2.75, 3.05) is 13.7 Å². The van der Waals surface area contributed by atoms with Crippen molar-refractivity contribution in [1.29, 1.82) is 0 Å². The van der Waals surface area contributed by atoms with Gasteiger partial charge < -0.3 is 10.1 Å². The van der Waals surface area contributed by atoms with Gasteiger partial charge in [-0.1, -0.05) is 30.4 Å². The second kappa shape index (κ2) is 5.71. The highest BCUT2D eigenvalue weighted by molar-refractivity contribution is 5.56. The maximum Gasteiger partial charge on any atom is 0.126 e. The molecule has 1 aromatic carbocycles. The molecule has 1 aliphatic rings. The molecule has 2 nitrogen and oxygen atoms in total. The highest BCUT2D eigenvalue weighted by atomic mass is 16.5. The lowest BCUT2D eigenvalue weighted by atomic mass is 10.2. The predicted molar refractivity (Wildman–Crippen MR) is 67.7 cm³/mol. The van der Waals surface area contributed by atoms with E-state index in [1.165, 1.54) is 12.8 Å². The van der Waals surface area contributed by atoms with Crippen LogP contribution in [-0.4, -0.2) is 19.7 Å². The van der Waals surface area contributed by atoms with Gasteiger partial charge in [-0.25, -0.2) is 0 Å². The number of para-hydroxylation sites is 1. The van der Waals surface area contributed by atoms with Gasteiger partial charge in [0.2, 0.25) is 0 Å². The van der Waals surface area contributed by atoms with Crippen molar-refractivity contribution in [3.8, 4) is 5.75 Å². The first kappa shape index (κ1) is 11.2. The zero-order valence-electron chi connectivity index (χ0n) is 9.78. The molecule has 1 fully saturated rings. The van der Waals surface area contributed by atoms with Gasteiger partial charge in [-0.15, -0.1) is 0 Å². The monoisotopic (exact) mass is 217 g/mol. The minimum Gasteiger partial charge on any atom is -0.496 e. The van der Waals surface area contributed by atoms with E-state index >= 15 is 0 Å². The molecule has 0 spiro atoms. The van der Waals surface area contributed by atoms with Crippen LogP contribution in [0.15, 0.2) is 30.3 Å². The zero-order chi connectivity index (χ0) is 11.2. The normalized spacial score (nSPS) is 15.6. The second-order valence-corrected chi connectivity index (χ2v) is 4.16. The van der Waals surface area contributed by atoms with Crippen LogP contribution in [0.4, 0.5) is 0 Å². The van der Waals surface area contributed by atoms with E-state index in [4.69, 9.17) is 4.74 Å². The van der Waals surface area contributed by atoms with Crippen molar-refractivity contribution in [3.63, 3.8) is 0 Å². The van der Waals surface area contributed by atoms with Crippen LogP contribution in [0.1, 0.15) is 24.8 Å². The third kappa shape index (κ3) is 3.38. The molecule has 1 saturated carbocycles. The Morgan fingerprint density at radius 3 is 2.94 bits per heavy atom. The molecular formula is C14H19NO. The molecule has 1 aromatic rings. The van der Waals surface area contributed by atoms with E-state index in [2.05, 4.69) is 23.5 Å². The molecule has 0 aliphatic heterocycles. The summed E-state index contributed by atoms with van der Waals surface area (Å²) in [7, 11) is 1.71. The number of methoxy groups -OCH3 is 1. The van der Waals surface area contributed by atoms with Crippen LogP contribution >= 0.6 is 0 Å². The van der Waals surface area contributed by atoms with Crippen molar-refractivity contribution in [2.45, 2.75) is 25.3 Å². The fourth-order valence-electron chi connectivity index (χ4n) is 1.67. The number of nitrogens with one attached hydrogen (secondary N) is 1. The molecular weight excluding hydrogens is 198 g/mol. The molecule has 16 heavy (non-hydrogen) atoms. The van der Waals surface area contributed by atoms with E-state index in [1.807, 2.05) is 18.2 Å². The number of ether oxygens (including phenoxy) is 1. The number of rotatable bonds is 6. The lowest BCUT2D eigenvalue weighted by Crippen LogP contribution is -2.16. The van der Waals surface area contributed by atoms with E-state index in [0.29, 0.717) is 0 Å². The van der Waals surface area contributed by atoms with Crippen LogP contribution in [0.5, 0.6) is 5.75 Å². The van der Waals surface area contributed by atoms with Crippen LogP contribution in [0.3, 0.4) is 0 Å². The summed E-state index contributed by atoms with van der Waals surface area (Å²) in [6.07, 6.45) is 8.13. The topological polar surface area (TPSA) is 21.3 Å². The fourth-order valence-corrected chi connectivity index (χ4v) is 1.67. The Bertz CT molecular complexity index is 356. The van der Waals surface area contributed by atoms with Gasteiger partial charge in [-0.3, -0.25) is 0 Å². The average Bonchev–Trinajstić information content (AvgIpc) is 3.13. The van der Waals surface area contributed by atoms with Crippen LogP contribution in [-0.2, 0) is 0 Å². The number of hydrogen-bond acceptors (Lipinski definition) is 2. The van der Waals surface area contributed by atoms with Gasteiger partial charge in [0, 0.05) is 11.6 Å². The van der Waals surface area contributed by atoms with Crippen molar-refractivity contribution in [1.82, 2.24) is 5.32 Å². The van der Waals surface area contributed by atoms with Crippen LogP contribution in [0.2, 0.25) is 0 Å². The first-order valence-electron chi connectivity index (χ1n) is 5.93. The lowest BCUT2D eigenvalue weighted by Gasteiger charge is -2.03. The zero-order valence-corrected chi connectivity index (χ0v) is 9.78. The SMILES string of the molecule is COc1ccccc1C=CCCNC1CC1. The maximum atomic E-state index is 5.28. The smallest absolute Gasteiger partial charge is 0.126 e. The largest absolute Gasteiger partial charge is 0.496 e. The Kier molecular flexibility index (Phi) is 4.00. The number of hydrogen-bond donors (Lipinski definition) is 1. The van der Waals surface area contributed by atoms with E-state index < -0.39 is 0 Å². The summed E-state index contributed by atoms with van der Waals surface area (Å²) in [6.45, 7) is 1.08. The van der Waals surface area contributed by atoms with Gasteiger partial charge in [0.15, 0.2) is 0 Å². The first-order valence-corrected chi connectivity index (χ1v) is 5.93. The molecule has 0 saturated heterocycles. The Balaban J connectivity index is 1.79. The van der Waals surface area contributed by atoms with E-state index in [-0.39, 0.29) is 0 Å². The van der Waals surface area contributed by atoms with Gasteiger partial charge in [0.25, 0.3) is 0 Å². The highest BCUT2D eigenvalue weighted by Gasteiger charge is 2.19. The molecule has 1 aliphatic carbocycles. The summed E-state index contributed by atoms with van der Waals surface area (Å²) in [4.78, 5) is 0. The van der Waals surface area contributed by atoms with Gasteiger partial charge in [0.05, 0.1) is 7.11 Å². The molecule has 0 heterocycles. The summed E-state index contributed by atoms with van der Waals surface area (Å²) in [5.41, 5.74) is 1.15. The second-order valence-electron chi connectivity index (χ2n) is 4.16. The van der Waals surface area contributed by atoms with Gasteiger partial charge >= 0.3 is 0 Å².